The maximum Gasteiger partial charge on any atom is 0.334 e. The van der Waals surface area contributed by atoms with Gasteiger partial charge in [-0.25, -0.2) is 14.2 Å². The lowest BCUT2D eigenvalue weighted by Gasteiger charge is -2.09. The maximum atomic E-state index is 12.7. The van der Waals surface area contributed by atoms with Crippen LogP contribution in [0.3, 0.4) is 0 Å². The van der Waals surface area contributed by atoms with Crippen molar-refractivity contribution < 1.29 is 0 Å². The Morgan fingerprint density at radius 2 is 2.10 bits per heavy atom. The van der Waals surface area contributed by atoms with Gasteiger partial charge in [-0.05, 0) is 25.0 Å². The molecule has 0 N–H and O–H groups in total. The van der Waals surface area contributed by atoms with Crippen molar-refractivity contribution in [3.63, 3.8) is 0 Å². The number of fused-ring (bicyclic) bond motifs is 3. The zero-order valence-electron chi connectivity index (χ0n) is 12.1. The summed E-state index contributed by atoms with van der Waals surface area (Å²) >= 11 is 5.91. The number of benzene rings is 1. The number of alkyl halides is 1. The van der Waals surface area contributed by atoms with Crippen LogP contribution in [0.4, 0.5) is 0 Å². The molecule has 5 heteroatoms. The molecule has 0 bridgehead atoms. The number of imidazole rings is 1. The molecule has 0 fully saturated rings. The molecule has 0 spiro atoms. The fourth-order valence-electron chi connectivity index (χ4n) is 2.63. The first-order chi connectivity index (χ1) is 10.3. The number of para-hydroxylation sites is 2. The molecular weight excluding hydrogens is 286 g/mol. The molecule has 3 rings (SSSR count). The zero-order chi connectivity index (χ0) is 14.8. The molecule has 0 aliphatic heterocycles. The van der Waals surface area contributed by atoms with Crippen molar-refractivity contribution in [3.05, 3.63) is 46.5 Å². The van der Waals surface area contributed by atoms with Crippen LogP contribution >= 0.6 is 11.6 Å². The quantitative estimate of drug-likeness (QED) is 0.679. The summed E-state index contributed by atoms with van der Waals surface area (Å²) in [5.41, 5.74) is 3.44. The minimum Gasteiger partial charge on any atom is -0.300 e. The van der Waals surface area contributed by atoms with Crippen LogP contribution in [0.1, 0.15) is 25.3 Å². The number of aromatic nitrogens is 3. The summed E-state index contributed by atoms with van der Waals surface area (Å²) in [6.07, 6.45) is 4.67. The van der Waals surface area contributed by atoms with Gasteiger partial charge in [-0.3, -0.25) is 4.57 Å². The van der Waals surface area contributed by atoms with E-state index in [1.54, 1.807) is 8.97 Å². The van der Waals surface area contributed by atoms with Gasteiger partial charge in [0.25, 0.3) is 0 Å². The monoisotopic (exact) mass is 303 g/mol. The second-order valence-electron chi connectivity index (χ2n) is 5.18. The van der Waals surface area contributed by atoms with Crippen molar-refractivity contribution in [2.45, 2.75) is 32.7 Å². The number of hydrogen-bond donors (Lipinski definition) is 0. The Bertz CT molecular complexity index is 835. The van der Waals surface area contributed by atoms with Crippen LogP contribution in [-0.4, -0.2) is 19.8 Å². The van der Waals surface area contributed by atoms with Crippen LogP contribution in [0.5, 0.6) is 0 Å². The van der Waals surface area contributed by atoms with Gasteiger partial charge >= 0.3 is 5.69 Å². The molecule has 2 aromatic heterocycles. The minimum absolute atomic E-state index is 0.0227. The number of aryl methyl sites for hydroxylation is 2. The van der Waals surface area contributed by atoms with E-state index in [1.165, 1.54) is 0 Å². The summed E-state index contributed by atoms with van der Waals surface area (Å²) in [5.74, 6) is 0.519. The average molecular weight is 304 g/mol. The SMILES string of the molecule is CCCCn1cc(CCCl)c2nc3ccccc3n2c1=O. The second-order valence-corrected chi connectivity index (χ2v) is 5.56. The molecule has 0 saturated carbocycles. The summed E-state index contributed by atoms with van der Waals surface area (Å²) in [6, 6.07) is 7.74. The van der Waals surface area contributed by atoms with Gasteiger partial charge in [-0.2, -0.15) is 0 Å². The Balaban J connectivity index is 2.33. The Labute approximate surface area is 128 Å². The summed E-state index contributed by atoms with van der Waals surface area (Å²) < 4.78 is 3.50. The fourth-order valence-corrected chi connectivity index (χ4v) is 2.83. The highest BCUT2D eigenvalue weighted by molar-refractivity contribution is 6.18. The first-order valence-electron chi connectivity index (χ1n) is 7.31. The zero-order valence-corrected chi connectivity index (χ0v) is 12.8. The number of unbranched alkanes of at least 4 members (excludes halogenated alkanes) is 1. The number of rotatable bonds is 5. The number of nitrogens with zero attached hydrogens (tertiary/aromatic N) is 3. The van der Waals surface area contributed by atoms with E-state index in [1.807, 2.05) is 30.5 Å². The smallest absolute Gasteiger partial charge is 0.300 e. The fraction of sp³-hybridized carbons (Fsp3) is 0.375. The molecule has 0 radical (unpaired) electrons. The molecule has 0 aliphatic carbocycles. The molecule has 0 unspecified atom stereocenters. The predicted octanol–water partition coefficient (Wildman–Crippen LogP) is 3.23. The summed E-state index contributed by atoms with van der Waals surface area (Å²) in [5, 5.41) is 0. The van der Waals surface area contributed by atoms with Crippen LogP contribution in [0.2, 0.25) is 0 Å². The Morgan fingerprint density at radius 1 is 1.29 bits per heavy atom. The van der Waals surface area contributed by atoms with E-state index in [4.69, 9.17) is 11.6 Å². The van der Waals surface area contributed by atoms with Gasteiger partial charge in [0.2, 0.25) is 0 Å². The Kier molecular flexibility index (Phi) is 3.97. The first kappa shape index (κ1) is 14.1. The van der Waals surface area contributed by atoms with Crippen LogP contribution in [-0.2, 0) is 13.0 Å². The topological polar surface area (TPSA) is 39.3 Å². The van der Waals surface area contributed by atoms with E-state index in [0.29, 0.717) is 12.3 Å². The lowest BCUT2D eigenvalue weighted by Crippen LogP contribution is -2.27. The van der Waals surface area contributed by atoms with Gasteiger partial charge < -0.3 is 0 Å². The molecule has 0 amide bonds. The van der Waals surface area contributed by atoms with Crippen molar-refractivity contribution in [2.24, 2.45) is 0 Å². The lowest BCUT2D eigenvalue weighted by atomic mass is 10.2. The van der Waals surface area contributed by atoms with Crippen LogP contribution in [0, 0.1) is 0 Å². The highest BCUT2D eigenvalue weighted by Gasteiger charge is 2.13. The minimum atomic E-state index is -0.0227. The second kappa shape index (κ2) is 5.90. The lowest BCUT2D eigenvalue weighted by molar-refractivity contribution is 0.592. The third kappa shape index (κ3) is 2.44. The molecular formula is C16H18ClN3O. The molecule has 2 heterocycles. The Morgan fingerprint density at radius 3 is 2.86 bits per heavy atom. The predicted molar refractivity (Wildman–Crippen MR) is 86.3 cm³/mol. The highest BCUT2D eigenvalue weighted by atomic mass is 35.5. The van der Waals surface area contributed by atoms with Gasteiger partial charge in [0.05, 0.1) is 11.0 Å². The van der Waals surface area contributed by atoms with Crippen LogP contribution in [0.25, 0.3) is 16.7 Å². The van der Waals surface area contributed by atoms with E-state index in [9.17, 15) is 4.79 Å². The summed E-state index contributed by atoms with van der Waals surface area (Å²) in [7, 11) is 0. The molecule has 1 aromatic carbocycles. The van der Waals surface area contributed by atoms with Crippen molar-refractivity contribution in [1.29, 1.82) is 0 Å². The largest absolute Gasteiger partial charge is 0.334 e. The van der Waals surface area contributed by atoms with Gasteiger partial charge in [-0.15, -0.1) is 11.6 Å². The number of halogens is 1. The van der Waals surface area contributed by atoms with Crippen molar-refractivity contribution in [2.75, 3.05) is 5.88 Å². The van der Waals surface area contributed by atoms with E-state index < -0.39 is 0 Å². The normalized spacial score (nSPS) is 11.5. The molecule has 21 heavy (non-hydrogen) atoms. The van der Waals surface area contributed by atoms with E-state index in [0.717, 1.165) is 41.6 Å². The first-order valence-corrected chi connectivity index (χ1v) is 7.85. The van der Waals surface area contributed by atoms with Crippen molar-refractivity contribution >= 4 is 28.3 Å². The maximum absolute atomic E-state index is 12.7. The third-order valence-electron chi connectivity index (χ3n) is 3.71. The van der Waals surface area contributed by atoms with Crippen LogP contribution in [0.15, 0.2) is 35.3 Å². The van der Waals surface area contributed by atoms with Gasteiger partial charge in [0, 0.05) is 24.2 Å². The van der Waals surface area contributed by atoms with Crippen molar-refractivity contribution in [1.82, 2.24) is 14.0 Å². The molecule has 4 nitrogen and oxygen atoms in total. The van der Waals surface area contributed by atoms with E-state index >= 15 is 0 Å². The molecule has 3 aromatic rings. The van der Waals surface area contributed by atoms with Gasteiger partial charge in [-0.1, -0.05) is 25.5 Å². The van der Waals surface area contributed by atoms with Gasteiger partial charge in [0.15, 0.2) is 0 Å². The Hall–Kier alpha value is -1.81. The van der Waals surface area contributed by atoms with Crippen molar-refractivity contribution in [3.8, 4) is 0 Å². The molecule has 0 saturated heterocycles. The van der Waals surface area contributed by atoms with E-state index in [2.05, 4.69) is 11.9 Å². The summed E-state index contributed by atoms with van der Waals surface area (Å²) in [6.45, 7) is 2.85. The average Bonchev–Trinajstić information content (AvgIpc) is 2.89. The highest BCUT2D eigenvalue weighted by Crippen LogP contribution is 2.18. The standard InChI is InChI=1S/C16H18ClN3O/c1-2-3-10-19-11-12(8-9-17)15-18-13-6-4-5-7-14(13)20(15)16(19)21/h4-7,11H,2-3,8-10H2,1H3. The molecule has 0 aliphatic rings. The molecule has 0 atom stereocenters. The van der Waals surface area contributed by atoms with Crippen LogP contribution < -0.4 is 5.69 Å². The molecule has 110 valence electrons. The van der Waals surface area contributed by atoms with E-state index in [-0.39, 0.29) is 5.69 Å². The van der Waals surface area contributed by atoms with Gasteiger partial charge in [0.1, 0.15) is 5.65 Å². The third-order valence-corrected chi connectivity index (χ3v) is 3.90. The number of hydrogen-bond acceptors (Lipinski definition) is 2. The summed E-state index contributed by atoms with van der Waals surface area (Å²) in [4.78, 5) is 17.3.